The smallest absolute Gasteiger partial charge is 0.128 e. The lowest BCUT2D eigenvalue weighted by atomic mass is 9.99. The molecule has 0 fully saturated rings. The van der Waals surface area contributed by atoms with Crippen LogP contribution in [0, 0.1) is 5.82 Å². The number of rotatable bonds is 2. The lowest BCUT2D eigenvalue weighted by Gasteiger charge is -2.15. The van der Waals surface area contributed by atoms with Crippen molar-refractivity contribution in [1.29, 1.82) is 0 Å². The van der Waals surface area contributed by atoms with E-state index in [9.17, 15) is 4.39 Å². The minimum absolute atomic E-state index is 0.304. The summed E-state index contributed by atoms with van der Waals surface area (Å²) < 4.78 is 16.4. The molecule has 2 aromatic rings. The van der Waals surface area contributed by atoms with Gasteiger partial charge in [-0.3, -0.25) is 0 Å². The number of halogens is 4. The predicted octanol–water partition coefficient (Wildman–Crippen LogP) is 5.16. The average Bonchev–Trinajstić information content (AvgIpc) is 2.30. The Morgan fingerprint density at radius 1 is 0.889 bits per heavy atom. The minimum Gasteiger partial charge on any atom is -0.320 e. The minimum atomic E-state index is -0.503. The first kappa shape index (κ1) is 14.2. The predicted molar refractivity (Wildman–Crippen MR) is 82.0 cm³/mol. The van der Waals surface area contributed by atoms with E-state index in [1.165, 1.54) is 6.07 Å². The van der Waals surface area contributed by atoms with E-state index in [4.69, 9.17) is 5.73 Å². The fourth-order valence-electron chi connectivity index (χ4n) is 1.69. The number of nitrogens with two attached hydrogens (primary N) is 1. The highest BCUT2D eigenvalue weighted by molar-refractivity contribution is 9.11. The average molecular weight is 438 g/mol. The van der Waals surface area contributed by atoms with E-state index >= 15 is 0 Å². The molecule has 0 radical (unpaired) electrons. The molecule has 2 rings (SSSR count). The topological polar surface area (TPSA) is 26.0 Å². The zero-order chi connectivity index (χ0) is 13.3. The van der Waals surface area contributed by atoms with Gasteiger partial charge in [0.05, 0.1) is 6.04 Å². The molecule has 0 saturated heterocycles. The summed E-state index contributed by atoms with van der Waals surface area (Å²) in [4.78, 5) is 0. The van der Waals surface area contributed by atoms with Crippen LogP contribution < -0.4 is 5.73 Å². The Kier molecular flexibility index (Phi) is 4.59. The van der Waals surface area contributed by atoms with Crippen LogP contribution in [0.5, 0.6) is 0 Å². The summed E-state index contributed by atoms with van der Waals surface area (Å²) in [6.45, 7) is 0. The molecule has 0 aliphatic rings. The van der Waals surface area contributed by atoms with E-state index in [0.717, 1.165) is 19.0 Å². The van der Waals surface area contributed by atoms with Gasteiger partial charge in [-0.05, 0) is 42.0 Å². The van der Waals surface area contributed by atoms with Gasteiger partial charge in [0, 0.05) is 19.0 Å². The molecule has 0 amide bonds. The molecule has 5 heteroatoms. The first-order valence-corrected chi connectivity index (χ1v) is 7.52. The first-order valence-electron chi connectivity index (χ1n) is 5.14. The monoisotopic (exact) mass is 435 g/mol. The summed E-state index contributed by atoms with van der Waals surface area (Å²) in [6, 6.07) is 9.94. The lowest BCUT2D eigenvalue weighted by Crippen LogP contribution is -2.13. The van der Waals surface area contributed by atoms with Gasteiger partial charge in [0.2, 0.25) is 0 Å². The number of hydrogen-bond donors (Lipinski definition) is 1. The zero-order valence-corrected chi connectivity index (χ0v) is 13.9. The Balaban J connectivity index is 2.47. The van der Waals surface area contributed by atoms with Gasteiger partial charge >= 0.3 is 0 Å². The quantitative estimate of drug-likeness (QED) is 0.689. The van der Waals surface area contributed by atoms with Gasteiger partial charge in [0.15, 0.2) is 0 Å². The highest BCUT2D eigenvalue weighted by Gasteiger charge is 2.15. The summed E-state index contributed by atoms with van der Waals surface area (Å²) in [7, 11) is 0. The Morgan fingerprint density at radius 2 is 1.50 bits per heavy atom. The van der Waals surface area contributed by atoms with E-state index in [2.05, 4.69) is 47.8 Å². The molecule has 1 unspecified atom stereocenters. The number of hydrogen-bond acceptors (Lipinski definition) is 1. The van der Waals surface area contributed by atoms with Crippen molar-refractivity contribution in [3.63, 3.8) is 0 Å². The molecule has 1 atom stereocenters. The largest absolute Gasteiger partial charge is 0.320 e. The summed E-state index contributed by atoms with van der Waals surface area (Å²) >= 11 is 10.1. The van der Waals surface area contributed by atoms with Crippen molar-refractivity contribution in [2.24, 2.45) is 5.73 Å². The SMILES string of the molecule is NC(c1cc(Br)cc(Br)c1)c1cc(Br)ccc1F. The molecular formula is C13H9Br3FN. The highest BCUT2D eigenvalue weighted by atomic mass is 79.9. The van der Waals surface area contributed by atoms with Crippen LogP contribution in [0.1, 0.15) is 17.2 Å². The zero-order valence-electron chi connectivity index (χ0n) is 9.13. The molecule has 0 heterocycles. The maximum Gasteiger partial charge on any atom is 0.128 e. The standard InChI is InChI=1S/C13H9Br3FN/c14-8-1-2-12(17)11(6-8)13(18)7-3-9(15)5-10(16)4-7/h1-6,13H,18H2. The van der Waals surface area contributed by atoms with E-state index < -0.39 is 6.04 Å². The van der Waals surface area contributed by atoms with Gasteiger partial charge < -0.3 is 5.73 Å². The molecule has 0 aliphatic heterocycles. The molecule has 1 nitrogen and oxygen atoms in total. The van der Waals surface area contributed by atoms with E-state index in [0.29, 0.717) is 5.56 Å². The second-order valence-corrected chi connectivity index (χ2v) is 6.59. The van der Waals surface area contributed by atoms with Crippen molar-refractivity contribution in [3.8, 4) is 0 Å². The van der Waals surface area contributed by atoms with Crippen molar-refractivity contribution in [1.82, 2.24) is 0 Å². The van der Waals surface area contributed by atoms with Crippen LogP contribution in [0.15, 0.2) is 49.8 Å². The van der Waals surface area contributed by atoms with Crippen LogP contribution >= 0.6 is 47.8 Å². The molecule has 0 aliphatic carbocycles. The van der Waals surface area contributed by atoms with Crippen molar-refractivity contribution < 1.29 is 4.39 Å². The maximum atomic E-state index is 13.8. The summed E-state index contributed by atoms with van der Waals surface area (Å²) in [5, 5.41) is 0. The van der Waals surface area contributed by atoms with Crippen molar-refractivity contribution in [2.75, 3.05) is 0 Å². The molecule has 94 valence electrons. The Labute approximate surface area is 130 Å². The normalized spacial score (nSPS) is 12.5. The third kappa shape index (κ3) is 3.20. The second-order valence-electron chi connectivity index (χ2n) is 3.85. The van der Waals surface area contributed by atoms with Gasteiger partial charge in [-0.1, -0.05) is 47.8 Å². The van der Waals surface area contributed by atoms with Gasteiger partial charge in [-0.15, -0.1) is 0 Å². The molecule has 0 bridgehead atoms. The summed E-state index contributed by atoms with van der Waals surface area (Å²) in [6.07, 6.45) is 0. The van der Waals surface area contributed by atoms with Crippen LogP contribution in [0.4, 0.5) is 4.39 Å². The number of benzene rings is 2. The van der Waals surface area contributed by atoms with Crippen LogP contribution in [-0.4, -0.2) is 0 Å². The molecule has 0 saturated carbocycles. The van der Waals surface area contributed by atoms with Crippen molar-refractivity contribution >= 4 is 47.8 Å². The fourth-order valence-corrected chi connectivity index (χ4v) is 3.40. The molecular weight excluding hydrogens is 429 g/mol. The van der Waals surface area contributed by atoms with Crippen LogP contribution in [-0.2, 0) is 0 Å². The van der Waals surface area contributed by atoms with Crippen LogP contribution in [0.25, 0.3) is 0 Å². The first-order chi connectivity index (χ1) is 8.47. The maximum absolute atomic E-state index is 13.8. The Morgan fingerprint density at radius 3 is 2.11 bits per heavy atom. The third-order valence-electron chi connectivity index (χ3n) is 2.54. The van der Waals surface area contributed by atoms with Crippen LogP contribution in [0.3, 0.4) is 0 Å². The van der Waals surface area contributed by atoms with Gasteiger partial charge in [0.1, 0.15) is 5.82 Å². The molecule has 0 aromatic heterocycles. The Bertz CT molecular complexity index is 566. The summed E-state index contributed by atoms with van der Waals surface area (Å²) in [5.41, 5.74) is 7.43. The highest BCUT2D eigenvalue weighted by Crippen LogP contribution is 2.29. The lowest BCUT2D eigenvalue weighted by molar-refractivity contribution is 0.599. The van der Waals surface area contributed by atoms with Crippen molar-refractivity contribution in [3.05, 3.63) is 66.8 Å². The van der Waals surface area contributed by atoms with E-state index in [-0.39, 0.29) is 5.82 Å². The van der Waals surface area contributed by atoms with Crippen molar-refractivity contribution in [2.45, 2.75) is 6.04 Å². The van der Waals surface area contributed by atoms with Gasteiger partial charge in [-0.2, -0.15) is 0 Å². The van der Waals surface area contributed by atoms with E-state index in [1.807, 2.05) is 18.2 Å². The molecule has 18 heavy (non-hydrogen) atoms. The second kappa shape index (κ2) is 5.82. The van der Waals surface area contributed by atoms with Gasteiger partial charge in [-0.25, -0.2) is 4.39 Å². The van der Waals surface area contributed by atoms with E-state index in [1.54, 1.807) is 12.1 Å². The van der Waals surface area contributed by atoms with Crippen LogP contribution in [0.2, 0.25) is 0 Å². The fraction of sp³-hybridized carbons (Fsp3) is 0.0769. The van der Waals surface area contributed by atoms with Gasteiger partial charge in [0.25, 0.3) is 0 Å². The molecule has 2 N–H and O–H groups in total. The Hall–Kier alpha value is -0.230. The summed E-state index contributed by atoms with van der Waals surface area (Å²) in [5.74, 6) is -0.304. The molecule has 0 spiro atoms. The molecule has 2 aromatic carbocycles. The third-order valence-corrected chi connectivity index (χ3v) is 3.95.